The van der Waals surface area contributed by atoms with Gasteiger partial charge in [0, 0.05) is 23.7 Å². The van der Waals surface area contributed by atoms with Crippen LogP contribution in [0.25, 0.3) is 11.0 Å². The molecule has 30 heavy (non-hydrogen) atoms. The molecule has 0 spiro atoms. The summed E-state index contributed by atoms with van der Waals surface area (Å²) in [5.74, 6) is 0.00360. The van der Waals surface area contributed by atoms with Crippen LogP contribution in [0.2, 0.25) is 0 Å². The number of ether oxygens (including phenoxy) is 1. The van der Waals surface area contributed by atoms with E-state index < -0.39 is 22.0 Å². The lowest BCUT2D eigenvalue weighted by Crippen LogP contribution is -2.24. The summed E-state index contributed by atoms with van der Waals surface area (Å²) in [6, 6.07) is 11.1. The lowest BCUT2D eigenvalue weighted by Gasteiger charge is -2.15. The average molecular weight is 453 g/mol. The third-order valence-corrected chi connectivity index (χ3v) is 6.03. The van der Waals surface area contributed by atoms with Gasteiger partial charge < -0.3 is 14.4 Å². The first-order valence-electron chi connectivity index (χ1n) is 9.34. The van der Waals surface area contributed by atoms with Crippen LogP contribution in [0.3, 0.4) is 0 Å². The fourth-order valence-electron chi connectivity index (χ4n) is 3.77. The van der Waals surface area contributed by atoms with Gasteiger partial charge in [0.1, 0.15) is 12.0 Å². The summed E-state index contributed by atoms with van der Waals surface area (Å²) >= 11 is 6.39. The second kappa shape index (κ2) is 8.48. The predicted octanol–water partition coefficient (Wildman–Crippen LogP) is 2.28. The van der Waals surface area contributed by atoms with Gasteiger partial charge in [0.05, 0.1) is 18.1 Å². The number of aliphatic hydroxyl groups excluding tert-OH is 1. The van der Waals surface area contributed by atoms with Gasteiger partial charge in [0.2, 0.25) is 5.88 Å². The minimum Gasteiger partial charge on any atom is -0.453 e. The molecule has 1 aliphatic rings. The van der Waals surface area contributed by atoms with Crippen LogP contribution in [0.1, 0.15) is 30.0 Å². The molecule has 160 valence electrons. The fraction of sp³-hybridized carbons (Fsp3) is 0.368. The molecule has 4 atom stereocenters. The van der Waals surface area contributed by atoms with Crippen molar-refractivity contribution in [3.8, 4) is 5.88 Å². The highest BCUT2D eigenvalue weighted by Gasteiger charge is 2.35. The molecule has 1 unspecified atom stereocenters. The number of alkyl halides is 1. The molecule has 4 rings (SSSR count). The molecular weight excluding hydrogens is 432 g/mol. The van der Waals surface area contributed by atoms with Gasteiger partial charge in [-0.2, -0.15) is 8.42 Å². The van der Waals surface area contributed by atoms with Crippen LogP contribution in [0.5, 0.6) is 5.88 Å². The second-order valence-electron chi connectivity index (χ2n) is 7.21. The van der Waals surface area contributed by atoms with Gasteiger partial charge in [0.15, 0.2) is 5.56 Å². The van der Waals surface area contributed by atoms with E-state index in [0.717, 1.165) is 5.56 Å². The van der Waals surface area contributed by atoms with E-state index in [1.54, 1.807) is 0 Å². The molecule has 0 amide bonds. The van der Waals surface area contributed by atoms with Gasteiger partial charge in [-0.1, -0.05) is 41.9 Å². The molecule has 2 aromatic heterocycles. The molecule has 11 heteroatoms. The minimum absolute atomic E-state index is 0.0877. The molecule has 1 aromatic carbocycles. The largest absolute Gasteiger partial charge is 0.453 e. The van der Waals surface area contributed by atoms with Crippen molar-refractivity contribution >= 4 is 32.9 Å². The topological polar surface area (TPSA) is 130 Å². The third-order valence-electron chi connectivity index (χ3n) is 5.22. The number of nitrogens with two attached hydrogens (primary N) is 1. The maximum absolute atomic E-state index is 11.0. The van der Waals surface area contributed by atoms with Gasteiger partial charge in [0.25, 0.3) is 0 Å². The fourth-order valence-corrected chi connectivity index (χ4v) is 4.36. The SMILES string of the molecule is NS(=O)(=O)OC[C@@H]1C[C@@H](n2ccc3c(OC(Cl)c4ccccc4)ncnc32)C[C@@H]1O. The van der Waals surface area contributed by atoms with E-state index in [4.69, 9.17) is 21.5 Å². The van der Waals surface area contributed by atoms with Crippen molar-refractivity contribution in [2.24, 2.45) is 11.1 Å². The summed E-state index contributed by atoms with van der Waals surface area (Å²) in [5, 5.41) is 15.9. The maximum atomic E-state index is 11.0. The number of nitrogens with zero attached hydrogens (tertiary/aromatic N) is 3. The molecule has 9 nitrogen and oxygen atoms in total. The van der Waals surface area contributed by atoms with Crippen molar-refractivity contribution in [1.29, 1.82) is 0 Å². The molecule has 0 radical (unpaired) electrons. The molecule has 0 saturated heterocycles. The summed E-state index contributed by atoms with van der Waals surface area (Å²) in [6.45, 7) is -0.163. The zero-order valence-electron chi connectivity index (χ0n) is 15.8. The van der Waals surface area contributed by atoms with Gasteiger partial charge in [-0.3, -0.25) is 4.18 Å². The van der Waals surface area contributed by atoms with Crippen LogP contribution in [0.4, 0.5) is 0 Å². The van der Waals surface area contributed by atoms with Crippen molar-refractivity contribution < 1.29 is 22.4 Å². The number of aromatic nitrogens is 3. The van der Waals surface area contributed by atoms with Gasteiger partial charge >= 0.3 is 10.3 Å². The van der Waals surface area contributed by atoms with Crippen LogP contribution in [-0.2, 0) is 14.5 Å². The Kier molecular flexibility index (Phi) is 5.94. The summed E-state index contributed by atoms with van der Waals surface area (Å²) in [4.78, 5) is 8.58. The van der Waals surface area contributed by atoms with Crippen molar-refractivity contribution in [2.45, 2.75) is 30.6 Å². The summed E-state index contributed by atoms with van der Waals surface area (Å²) in [5.41, 5.74) is 0.741. The Morgan fingerprint density at radius 3 is 2.73 bits per heavy atom. The average Bonchev–Trinajstić information content (AvgIpc) is 3.30. The van der Waals surface area contributed by atoms with Crippen molar-refractivity contribution in [1.82, 2.24) is 14.5 Å². The first-order chi connectivity index (χ1) is 14.3. The van der Waals surface area contributed by atoms with Crippen molar-refractivity contribution in [3.63, 3.8) is 0 Å². The minimum atomic E-state index is -4.05. The third kappa shape index (κ3) is 4.57. The molecule has 3 N–H and O–H groups in total. The van der Waals surface area contributed by atoms with E-state index in [2.05, 4.69) is 14.2 Å². The summed E-state index contributed by atoms with van der Waals surface area (Å²) in [7, 11) is -4.05. The Balaban J connectivity index is 1.53. The van der Waals surface area contributed by atoms with Crippen LogP contribution in [-0.4, -0.2) is 40.8 Å². The molecule has 2 heterocycles. The number of hydrogen-bond acceptors (Lipinski definition) is 7. The van der Waals surface area contributed by atoms with Gasteiger partial charge in [-0.05, 0) is 18.9 Å². The quantitative estimate of drug-likeness (QED) is 0.526. The lowest BCUT2D eigenvalue weighted by atomic mass is 10.1. The van der Waals surface area contributed by atoms with Crippen LogP contribution >= 0.6 is 11.6 Å². The highest BCUT2D eigenvalue weighted by molar-refractivity contribution is 7.84. The maximum Gasteiger partial charge on any atom is 0.333 e. The number of benzene rings is 1. The summed E-state index contributed by atoms with van der Waals surface area (Å²) < 4.78 is 34.5. The monoisotopic (exact) mass is 452 g/mol. The van der Waals surface area contributed by atoms with Gasteiger partial charge in [-0.15, -0.1) is 0 Å². The van der Waals surface area contributed by atoms with Crippen molar-refractivity contribution in [2.75, 3.05) is 6.61 Å². The number of halogens is 1. The van der Waals surface area contributed by atoms with E-state index in [9.17, 15) is 13.5 Å². The van der Waals surface area contributed by atoms with Gasteiger partial charge in [-0.25, -0.2) is 15.1 Å². The lowest BCUT2D eigenvalue weighted by molar-refractivity contribution is 0.100. The molecular formula is C19H21ClN4O5S. The number of aliphatic hydroxyl groups is 1. The molecule has 0 bridgehead atoms. The zero-order valence-corrected chi connectivity index (χ0v) is 17.4. The van der Waals surface area contributed by atoms with Crippen LogP contribution in [0.15, 0.2) is 48.9 Å². The van der Waals surface area contributed by atoms with E-state index in [1.807, 2.05) is 47.2 Å². The number of rotatable bonds is 7. The highest BCUT2D eigenvalue weighted by atomic mass is 35.5. The smallest absolute Gasteiger partial charge is 0.333 e. The Morgan fingerprint density at radius 2 is 2.00 bits per heavy atom. The molecule has 1 saturated carbocycles. The Labute approximate surface area is 178 Å². The predicted molar refractivity (Wildman–Crippen MR) is 110 cm³/mol. The number of hydrogen-bond donors (Lipinski definition) is 2. The Morgan fingerprint density at radius 1 is 1.23 bits per heavy atom. The molecule has 1 fully saturated rings. The van der Waals surface area contributed by atoms with E-state index in [-0.39, 0.29) is 18.6 Å². The van der Waals surface area contributed by atoms with E-state index in [1.165, 1.54) is 6.33 Å². The first-order valence-corrected chi connectivity index (χ1v) is 11.2. The molecule has 1 aliphatic carbocycles. The normalized spacial score (nSPS) is 23.0. The van der Waals surface area contributed by atoms with E-state index in [0.29, 0.717) is 29.8 Å². The van der Waals surface area contributed by atoms with Crippen molar-refractivity contribution in [3.05, 3.63) is 54.5 Å². The highest BCUT2D eigenvalue weighted by Crippen LogP contribution is 2.38. The standard InChI is InChI=1S/C19H21ClN4O5S/c20-17(12-4-2-1-3-5-12)29-19-15-6-7-24(18(15)22-11-23-19)14-8-13(16(25)9-14)10-28-30(21,26)27/h1-7,11,13-14,16-17,25H,8-10H2,(H2,21,26,27)/t13-,14+,16-,17?/m0/s1. The first kappa shape index (κ1) is 21.0. The number of fused-ring (bicyclic) bond motifs is 1. The Bertz CT molecular complexity index is 1120. The zero-order chi connectivity index (χ0) is 21.3. The second-order valence-corrected chi connectivity index (χ2v) is 8.83. The van der Waals surface area contributed by atoms with Crippen LogP contribution < -0.4 is 9.88 Å². The Hall–Kier alpha value is -2.24. The van der Waals surface area contributed by atoms with Crippen LogP contribution in [0, 0.1) is 5.92 Å². The summed E-state index contributed by atoms with van der Waals surface area (Å²) in [6.07, 6.45) is 3.48. The van der Waals surface area contributed by atoms with E-state index >= 15 is 0 Å². The molecule has 3 aromatic rings. The molecule has 0 aliphatic heterocycles.